The predicted molar refractivity (Wildman–Crippen MR) is 89.9 cm³/mol. The number of anilines is 2. The Morgan fingerprint density at radius 3 is 2.90 bits per heavy atom. The fourth-order valence-corrected chi connectivity index (χ4v) is 5.16. The van der Waals surface area contributed by atoms with Crippen molar-refractivity contribution in [3.8, 4) is 5.75 Å². The van der Waals surface area contributed by atoms with Crippen LogP contribution in [0.15, 0.2) is 18.2 Å². The summed E-state index contributed by atoms with van der Waals surface area (Å²) in [6.07, 6.45) is 2.18. The summed E-state index contributed by atoms with van der Waals surface area (Å²) < 4.78 is 29.7. The average Bonchev–Trinajstić information content (AvgIpc) is 2.45. The van der Waals surface area contributed by atoms with Crippen LogP contribution in [0, 0.1) is 0 Å². The highest BCUT2D eigenvalue weighted by Crippen LogP contribution is 2.36. The third-order valence-corrected chi connectivity index (χ3v) is 6.04. The number of nitrogen functional groups attached to an aromatic ring is 1. The van der Waals surface area contributed by atoms with E-state index in [9.17, 15) is 8.42 Å². The molecule has 1 aliphatic rings. The number of hydrogen-bond donors (Lipinski definition) is 1. The molecule has 1 saturated heterocycles. The van der Waals surface area contributed by atoms with Gasteiger partial charge in [-0.3, -0.25) is 0 Å². The molecule has 1 aromatic carbocycles. The molecule has 0 radical (unpaired) electrons. The molecule has 2 rings (SSSR count). The van der Waals surface area contributed by atoms with Gasteiger partial charge in [0.15, 0.2) is 9.84 Å². The van der Waals surface area contributed by atoms with Gasteiger partial charge in [0.25, 0.3) is 0 Å². The number of sulfone groups is 1. The quantitative estimate of drug-likeness (QED) is 0.832. The third kappa shape index (κ3) is 3.77. The molecule has 118 valence electrons. The van der Waals surface area contributed by atoms with E-state index in [2.05, 4.69) is 0 Å². The van der Waals surface area contributed by atoms with E-state index in [0.717, 1.165) is 17.9 Å². The Labute approximate surface area is 130 Å². The molecule has 0 aliphatic carbocycles. The Morgan fingerprint density at radius 1 is 1.48 bits per heavy atom. The van der Waals surface area contributed by atoms with Crippen LogP contribution < -0.4 is 15.4 Å². The first-order valence-corrected chi connectivity index (χ1v) is 10.1. The maximum atomic E-state index is 12.0. The summed E-state index contributed by atoms with van der Waals surface area (Å²) >= 11 is 1.66. The Kier molecular flexibility index (Phi) is 5.27. The molecule has 1 unspecified atom stereocenters. The molecule has 1 fully saturated rings. The van der Waals surface area contributed by atoms with E-state index in [4.69, 9.17) is 10.5 Å². The molecule has 1 aliphatic heterocycles. The van der Waals surface area contributed by atoms with Crippen LogP contribution in [0.3, 0.4) is 0 Å². The molecule has 1 atom stereocenters. The molecule has 5 nitrogen and oxygen atoms in total. The molecule has 0 amide bonds. The SMILES string of the molecule is CCCOc1cccc(N2CCSCC2S(C)(=O)=O)c1N. The van der Waals surface area contributed by atoms with E-state index in [0.29, 0.717) is 30.3 Å². The van der Waals surface area contributed by atoms with Crippen molar-refractivity contribution in [2.45, 2.75) is 18.7 Å². The summed E-state index contributed by atoms with van der Waals surface area (Å²) in [6.45, 7) is 3.30. The zero-order valence-corrected chi connectivity index (χ0v) is 14.0. The van der Waals surface area contributed by atoms with Crippen LogP contribution >= 0.6 is 11.8 Å². The first-order valence-electron chi connectivity index (χ1n) is 6.99. The number of benzene rings is 1. The summed E-state index contributed by atoms with van der Waals surface area (Å²) in [5.41, 5.74) is 7.46. The van der Waals surface area contributed by atoms with Crippen molar-refractivity contribution in [3.05, 3.63) is 18.2 Å². The van der Waals surface area contributed by atoms with Crippen molar-refractivity contribution >= 4 is 33.0 Å². The first kappa shape index (κ1) is 16.3. The number of nitrogens with zero attached hydrogens (tertiary/aromatic N) is 1. The largest absolute Gasteiger partial charge is 0.491 e. The van der Waals surface area contributed by atoms with Crippen LogP contribution in [0.25, 0.3) is 0 Å². The zero-order valence-electron chi connectivity index (χ0n) is 12.4. The summed E-state index contributed by atoms with van der Waals surface area (Å²) in [6, 6.07) is 5.54. The first-order chi connectivity index (χ1) is 9.95. The number of nitrogens with two attached hydrogens (primary N) is 1. The maximum absolute atomic E-state index is 12.0. The van der Waals surface area contributed by atoms with Gasteiger partial charge in [-0.2, -0.15) is 11.8 Å². The second-order valence-corrected chi connectivity index (χ2v) is 8.44. The summed E-state index contributed by atoms with van der Waals surface area (Å²) in [5, 5.41) is -0.528. The van der Waals surface area contributed by atoms with Crippen molar-refractivity contribution in [2.24, 2.45) is 0 Å². The minimum Gasteiger partial charge on any atom is -0.491 e. The molecule has 1 aromatic rings. The van der Waals surface area contributed by atoms with Crippen LogP contribution in [0.2, 0.25) is 0 Å². The average molecular weight is 330 g/mol. The predicted octanol–water partition coefficient (Wildman–Crippen LogP) is 1.98. The number of ether oxygens (including phenoxy) is 1. The molecular formula is C14H22N2O3S2. The zero-order chi connectivity index (χ0) is 15.5. The normalized spacial score (nSPS) is 19.5. The van der Waals surface area contributed by atoms with Crippen LogP contribution in [-0.4, -0.2) is 44.7 Å². The van der Waals surface area contributed by atoms with Crippen LogP contribution in [-0.2, 0) is 9.84 Å². The molecule has 0 spiro atoms. The molecule has 0 bridgehead atoms. The summed E-state index contributed by atoms with van der Waals surface area (Å²) in [4.78, 5) is 1.89. The van der Waals surface area contributed by atoms with E-state index in [1.54, 1.807) is 11.8 Å². The van der Waals surface area contributed by atoms with Gasteiger partial charge in [0.05, 0.1) is 18.0 Å². The lowest BCUT2D eigenvalue weighted by molar-refractivity contribution is 0.319. The number of thioether (sulfide) groups is 1. The van der Waals surface area contributed by atoms with Crippen molar-refractivity contribution < 1.29 is 13.2 Å². The Balaban J connectivity index is 2.35. The molecule has 0 saturated carbocycles. The highest BCUT2D eigenvalue weighted by atomic mass is 32.2. The molecule has 1 heterocycles. The van der Waals surface area contributed by atoms with Crippen LogP contribution in [0.4, 0.5) is 11.4 Å². The fraction of sp³-hybridized carbons (Fsp3) is 0.571. The highest BCUT2D eigenvalue weighted by molar-refractivity contribution is 8.01. The van der Waals surface area contributed by atoms with Crippen LogP contribution in [0.1, 0.15) is 13.3 Å². The van der Waals surface area contributed by atoms with Gasteiger partial charge in [0, 0.05) is 24.3 Å². The van der Waals surface area contributed by atoms with E-state index in [-0.39, 0.29) is 0 Å². The Morgan fingerprint density at radius 2 is 2.24 bits per heavy atom. The van der Waals surface area contributed by atoms with Crippen molar-refractivity contribution in [1.29, 1.82) is 0 Å². The van der Waals surface area contributed by atoms with Crippen molar-refractivity contribution in [3.63, 3.8) is 0 Å². The van der Waals surface area contributed by atoms with Gasteiger partial charge < -0.3 is 15.4 Å². The van der Waals surface area contributed by atoms with Crippen molar-refractivity contribution in [1.82, 2.24) is 0 Å². The van der Waals surface area contributed by atoms with E-state index < -0.39 is 15.2 Å². The standard InChI is InChI=1S/C14H22N2O3S2/c1-3-8-19-12-6-4-5-11(14(12)15)16-7-9-20-10-13(16)21(2,17)18/h4-6,13H,3,7-10,15H2,1-2H3. The second-order valence-electron chi connectivity index (χ2n) is 5.09. The summed E-state index contributed by atoms with van der Waals surface area (Å²) in [5.74, 6) is 2.09. The smallest absolute Gasteiger partial charge is 0.169 e. The van der Waals surface area contributed by atoms with Gasteiger partial charge in [0.2, 0.25) is 0 Å². The van der Waals surface area contributed by atoms with Crippen molar-refractivity contribution in [2.75, 3.05) is 41.5 Å². The minimum atomic E-state index is -3.16. The van der Waals surface area contributed by atoms with Crippen LogP contribution in [0.5, 0.6) is 5.75 Å². The number of hydrogen-bond acceptors (Lipinski definition) is 6. The number of rotatable bonds is 5. The second kappa shape index (κ2) is 6.79. The Hall–Kier alpha value is -1.08. The molecule has 0 aromatic heterocycles. The van der Waals surface area contributed by atoms with Gasteiger partial charge in [-0.25, -0.2) is 8.42 Å². The molecule has 7 heteroatoms. The topological polar surface area (TPSA) is 72.6 Å². The fourth-order valence-electron chi connectivity index (χ4n) is 2.33. The van der Waals surface area contributed by atoms with Gasteiger partial charge in [0.1, 0.15) is 11.1 Å². The van der Waals surface area contributed by atoms with Gasteiger partial charge >= 0.3 is 0 Å². The lowest BCUT2D eigenvalue weighted by Gasteiger charge is -2.36. The van der Waals surface area contributed by atoms with E-state index >= 15 is 0 Å². The molecule has 21 heavy (non-hydrogen) atoms. The third-order valence-electron chi connectivity index (χ3n) is 3.39. The van der Waals surface area contributed by atoms with Gasteiger partial charge in [-0.05, 0) is 18.6 Å². The van der Waals surface area contributed by atoms with E-state index in [1.165, 1.54) is 6.26 Å². The Bertz CT molecular complexity index is 590. The monoisotopic (exact) mass is 330 g/mol. The van der Waals surface area contributed by atoms with Gasteiger partial charge in [-0.1, -0.05) is 13.0 Å². The summed E-state index contributed by atoms with van der Waals surface area (Å²) in [7, 11) is -3.16. The number of para-hydroxylation sites is 1. The maximum Gasteiger partial charge on any atom is 0.169 e. The molecule has 2 N–H and O–H groups in total. The molecular weight excluding hydrogens is 308 g/mol. The lowest BCUT2D eigenvalue weighted by Crippen LogP contribution is -2.47. The highest BCUT2D eigenvalue weighted by Gasteiger charge is 2.32. The minimum absolute atomic E-state index is 0.520. The van der Waals surface area contributed by atoms with Gasteiger partial charge in [-0.15, -0.1) is 0 Å². The van der Waals surface area contributed by atoms with E-state index in [1.807, 2.05) is 30.0 Å². The lowest BCUT2D eigenvalue weighted by atomic mass is 10.2.